The van der Waals surface area contributed by atoms with Gasteiger partial charge in [0.15, 0.2) is 0 Å². The third-order valence-electron chi connectivity index (χ3n) is 4.05. The van der Waals surface area contributed by atoms with Crippen molar-refractivity contribution in [1.82, 2.24) is 9.62 Å². The summed E-state index contributed by atoms with van der Waals surface area (Å²) >= 11 is 12.2. The summed E-state index contributed by atoms with van der Waals surface area (Å²) in [4.78, 5) is 14.1. The molecule has 0 radical (unpaired) electrons. The van der Waals surface area contributed by atoms with Crippen LogP contribution in [0.2, 0.25) is 10.0 Å². The standard InChI is InChI=1S/C18H18Cl2N2O3S/c1-22(11-12-5-3-2-4-6-12)18(23)14-9-17(16(20)10-15(14)19)26(24,25)21-13-7-8-13/h2-6,9-10,13,21H,7-8,11H2,1H3. The third kappa shape index (κ3) is 4.38. The van der Waals surface area contributed by atoms with Gasteiger partial charge in [-0.3, -0.25) is 4.79 Å². The quantitative estimate of drug-likeness (QED) is 0.785. The average molecular weight is 413 g/mol. The molecule has 138 valence electrons. The van der Waals surface area contributed by atoms with Crippen molar-refractivity contribution in [3.8, 4) is 0 Å². The van der Waals surface area contributed by atoms with Crippen molar-refractivity contribution < 1.29 is 13.2 Å². The van der Waals surface area contributed by atoms with E-state index >= 15 is 0 Å². The SMILES string of the molecule is CN(Cc1ccccc1)C(=O)c1cc(S(=O)(=O)NC2CC2)c(Cl)cc1Cl. The average Bonchev–Trinajstić information content (AvgIpc) is 3.38. The first-order valence-corrected chi connectivity index (χ1v) is 10.3. The van der Waals surface area contributed by atoms with E-state index in [9.17, 15) is 13.2 Å². The van der Waals surface area contributed by atoms with E-state index in [1.165, 1.54) is 17.0 Å². The Morgan fingerprint density at radius 3 is 2.42 bits per heavy atom. The Hall–Kier alpha value is -1.60. The second kappa shape index (κ2) is 7.56. The van der Waals surface area contributed by atoms with E-state index < -0.39 is 10.0 Å². The van der Waals surface area contributed by atoms with Gasteiger partial charge in [0, 0.05) is 19.6 Å². The van der Waals surface area contributed by atoms with Gasteiger partial charge in [-0.15, -0.1) is 0 Å². The number of halogens is 2. The number of nitrogens with one attached hydrogen (secondary N) is 1. The van der Waals surface area contributed by atoms with Gasteiger partial charge in [-0.25, -0.2) is 13.1 Å². The maximum Gasteiger partial charge on any atom is 0.255 e. The fraction of sp³-hybridized carbons (Fsp3) is 0.278. The van der Waals surface area contributed by atoms with E-state index in [4.69, 9.17) is 23.2 Å². The van der Waals surface area contributed by atoms with Gasteiger partial charge in [-0.05, 0) is 30.5 Å². The Morgan fingerprint density at radius 1 is 1.15 bits per heavy atom. The lowest BCUT2D eigenvalue weighted by Crippen LogP contribution is -2.28. The molecule has 2 aromatic rings. The summed E-state index contributed by atoms with van der Waals surface area (Å²) in [6.45, 7) is 0.376. The molecule has 1 aliphatic carbocycles. The predicted octanol–water partition coefficient (Wildman–Crippen LogP) is 3.71. The van der Waals surface area contributed by atoms with Crippen LogP contribution < -0.4 is 4.72 Å². The molecule has 3 rings (SSSR count). The van der Waals surface area contributed by atoms with Crippen LogP contribution >= 0.6 is 23.2 Å². The number of carbonyl (C=O) groups excluding carboxylic acids is 1. The van der Waals surface area contributed by atoms with Gasteiger partial charge in [0.2, 0.25) is 10.0 Å². The third-order valence-corrected chi connectivity index (χ3v) is 6.35. The summed E-state index contributed by atoms with van der Waals surface area (Å²) in [5.41, 5.74) is 1.06. The molecular weight excluding hydrogens is 395 g/mol. The monoisotopic (exact) mass is 412 g/mol. The largest absolute Gasteiger partial charge is 0.337 e. The van der Waals surface area contributed by atoms with Crippen LogP contribution in [0.1, 0.15) is 28.8 Å². The van der Waals surface area contributed by atoms with Crippen LogP contribution in [0.25, 0.3) is 0 Å². The van der Waals surface area contributed by atoms with Crippen LogP contribution in [-0.4, -0.2) is 32.3 Å². The first-order valence-electron chi connectivity index (χ1n) is 8.08. The minimum Gasteiger partial charge on any atom is -0.337 e. The molecule has 1 aliphatic rings. The second-order valence-corrected chi connectivity index (χ2v) is 8.80. The molecule has 0 spiro atoms. The molecule has 8 heteroatoms. The van der Waals surface area contributed by atoms with Gasteiger partial charge in [0.05, 0.1) is 15.6 Å². The van der Waals surface area contributed by atoms with Crippen LogP contribution in [-0.2, 0) is 16.6 Å². The fourth-order valence-corrected chi connectivity index (χ4v) is 4.68. The van der Waals surface area contributed by atoms with E-state index in [1.54, 1.807) is 7.05 Å². The van der Waals surface area contributed by atoms with Gasteiger partial charge >= 0.3 is 0 Å². The van der Waals surface area contributed by atoms with Crippen LogP contribution in [0.5, 0.6) is 0 Å². The van der Waals surface area contributed by atoms with Gasteiger partial charge in [0.1, 0.15) is 4.90 Å². The molecule has 5 nitrogen and oxygen atoms in total. The molecule has 2 aromatic carbocycles. The van der Waals surface area contributed by atoms with Gasteiger partial charge in [-0.1, -0.05) is 53.5 Å². The van der Waals surface area contributed by atoms with Crippen molar-refractivity contribution in [3.05, 3.63) is 63.6 Å². The van der Waals surface area contributed by atoms with Crippen LogP contribution in [0, 0.1) is 0 Å². The Balaban J connectivity index is 1.89. The van der Waals surface area contributed by atoms with Crippen molar-refractivity contribution in [1.29, 1.82) is 0 Å². The molecular formula is C18H18Cl2N2O3S. The Bertz CT molecular complexity index is 929. The van der Waals surface area contributed by atoms with E-state index in [0.29, 0.717) is 6.54 Å². The Morgan fingerprint density at radius 2 is 1.81 bits per heavy atom. The number of hydrogen-bond acceptors (Lipinski definition) is 3. The maximum atomic E-state index is 12.8. The number of amides is 1. The Labute approximate surface area is 163 Å². The summed E-state index contributed by atoms with van der Waals surface area (Å²) in [5.74, 6) is -0.376. The molecule has 1 saturated carbocycles. The fourth-order valence-electron chi connectivity index (χ4n) is 2.52. The molecule has 1 amide bonds. The van der Waals surface area contributed by atoms with Crippen molar-refractivity contribution in [3.63, 3.8) is 0 Å². The maximum absolute atomic E-state index is 12.8. The lowest BCUT2D eigenvalue weighted by molar-refractivity contribution is 0.0785. The zero-order valence-corrected chi connectivity index (χ0v) is 16.4. The summed E-state index contributed by atoms with van der Waals surface area (Å²) < 4.78 is 27.5. The molecule has 0 heterocycles. The number of sulfonamides is 1. The van der Waals surface area contributed by atoms with Crippen molar-refractivity contribution in [2.24, 2.45) is 0 Å². The van der Waals surface area contributed by atoms with E-state index in [0.717, 1.165) is 18.4 Å². The smallest absolute Gasteiger partial charge is 0.255 e. The van der Waals surface area contributed by atoms with Gasteiger partial charge < -0.3 is 4.90 Å². The number of rotatable bonds is 6. The highest BCUT2D eigenvalue weighted by Gasteiger charge is 2.30. The molecule has 0 saturated heterocycles. The normalized spacial score (nSPS) is 14.3. The van der Waals surface area contributed by atoms with E-state index in [-0.39, 0.29) is 32.5 Å². The summed E-state index contributed by atoms with van der Waals surface area (Å²) in [6, 6.07) is 12.0. The Kier molecular flexibility index (Phi) is 5.58. The molecule has 1 fully saturated rings. The van der Waals surface area contributed by atoms with Crippen LogP contribution in [0.15, 0.2) is 47.4 Å². The van der Waals surface area contributed by atoms with Crippen molar-refractivity contribution in [2.45, 2.75) is 30.3 Å². The zero-order chi connectivity index (χ0) is 18.9. The second-order valence-electron chi connectivity index (χ2n) is 6.30. The molecule has 1 N–H and O–H groups in total. The summed E-state index contributed by atoms with van der Waals surface area (Å²) in [6.07, 6.45) is 1.60. The number of hydrogen-bond donors (Lipinski definition) is 1. The van der Waals surface area contributed by atoms with Crippen LogP contribution in [0.3, 0.4) is 0 Å². The van der Waals surface area contributed by atoms with Crippen molar-refractivity contribution >= 4 is 39.1 Å². The van der Waals surface area contributed by atoms with Crippen LogP contribution in [0.4, 0.5) is 0 Å². The lowest BCUT2D eigenvalue weighted by Gasteiger charge is -2.19. The van der Waals surface area contributed by atoms with E-state index in [1.807, 2.05) is 30.3 Å². The summed E-state index contributed by atoms with van der Waals surface area (Å²) in [5, 5.41) is 0.107. The molecule has 0 aliphatic heterocycles. The zero-order valence-electron chi connectivity index (χ0n) is 14.1. The first-order chi connectivity index (χ1) is 12.3. The minimum absolute atomic E-state index is 0.00888. The minimum atomic E-state index is -3.80. The molecule has 0 unspecified atom stereocenters. The van der Waals surface area contributed by atoms with Gasteiger partial charge in [-0.2, -0.15) is 0 Å². The van der Waals surface area contributed by atoms with Crippen molar-refractivity contribution in [2.75, 3.05) is 7.05 Å². The number of carbonyl (C=O) groups is 1. The number of nitrogens with zero attached hydrogens (tertiary/aromatic N) is 1. The predicted molar refractivity (Wildman–Crippen MR) is 102 cm³/mol. The summed E-state index contributed by atoms with van der Waals surface area (Å²) in [7, 11) is -2.16. The highest BCUT2D eigenvalue weighted by molar-refractivity contribution is 7.89. The molecule has 0 aromatic heterocycles. The lowest BCUT2D eigenvalue weighted by atomic mass is 10.1. The van der Waals surface area contributed by atoms with E-state index in [2.05, 4.69) is 4.72 Å². The van der Waals surface area contributed by atoms with Gasteiger partial charge in [0.25, 0.3) is 5.91 Å². The molecule has 0 atom stereocenters. The topological polar surface area (TPSA) is 66.5 Å². The first kappa shape index (κ1) is 19.2. The highest BCUT2D eigenvalue weighted by Crippen LogP contribution is 2.31. The molecule has 26 heavy (non-hydrogen) atoms. The number of benzene rings is 2. The highest BCUT2D eigenvalue weighted by atomic mass is 35.5. The molecule has 0 bridgehead atoms.